The largest absolute Gasteiger partial charge is 0.398 e. The first-order valence-electron chi connectivity index (χ1n) is 7.35. The minimum atomic E-state index is -0.0496. The maximum Gasteiger partial charge on any atom is 0.220 e. The molecule has 0 heterocycles. The van der Waals surface area contributed by atoms with Gasteiger partial charge in [0.05, 0.1) is 12.1 Å². The Hall–Kier alpha value is -1.55. The van der Waals surface area contributed by atoms with Crippen LogP contribution in [0.5, 0.6) is 0 Å². The van der Waals surface area contributed by atoms with Gasteiger partial charge in [0.15, 0.2) is 0 Å². The monoisotopic (exact) mass is 276 g/mol. The predicted octanol–water partition coefficient (Wildman–Crippen LogP) is 2.65. The first-order valence-corrected chi connectivity index (χ1v) is 7.35. The SMILES string of the molecule is CCOC1CC(CC(=O)NC(C)c2ccccc2N)C1. The average Bonchev–Trinajstić information content (AvgIpc) is 2.36. The summed E-state index contributed by atoms with van der Waals surface area (Å²) in [4.78, 5) is 12.0. The predicted molar refractivity (Wildman–Crippen MR) is 80.2 cm³/mol. The third-order valence-electron chi connectivity index (χ3n) is 3.91. The van der Waals surface area contributed by atoms with Gasteiger partial charge in [-0.25, -0.2) is 0 Å². The number of amides is 1. The van der Waals surface area contributed by atoms with Crippen LogP contribution in [0.1, 0.15) is 44.7 Å². The van der Waals surface area contributed by atoms with Crippen molar-refractivity contribution in [3.05, 3.63) is 29.8 Å². The van der Waals surface area contributed by atoms with Crippen LogP contribution in [0.4, 0.5) is 5.69 Å². The Balaban J connectivity index is 1.76. The third-order valence-corrected chi connectivity index (χ3v) is 3.91. The molecule has 0 aromatic heterocycles. The van der Waals surface area contributed by atoms with Crippen molar-refractivity contribution in [2.45, 2.75) is 45.3 Å². The van der Waals surface area contributed by atoms with E-state index in [1.165, 1.54) is 0 Å². The number of anilines is 1. The van der Waals surface area contributed by atoms with E-state index in [0.29, 0.717) is 18.4 Å². The number of carbonyl (C=O) groups excluding carboxylic acids is 1. The summed E-state index contributed by atoms with van der Waals surface area (Å²) in [5, 5.41) is 3.02. The van der Waals surface area contributed by atoms with Crippen LogP contribution in [0.2, 0.25) is 0 Å². The van der Waals surface area contributed by atoms with Crippen molar-refractivity contribution in [2.75, 3.05) is 12.3 Å². The molecule has 1 atom stereocenters. The average molecular weight is 276 g/mol. The zero-order valence-electron chi connectivity index (χ0n) is 12.3. The molecule has 0 aliphatic heterocycles. The second-order valence-corrected chi connectivity index (χ2v) is 5.54. The molecule has 3 N–H and O–H groups in total. The van der Waals surface area contributed by atoms with Crippen molar-refractivity contribution in [1.82, 2.24) is 5.32 Å². The van der Waals surface area contributed by atoms with Gasteiger partial charge in [0.2, 0.25) is 5.91 Å². The number of hydrogen-bond acceptors (Lipinski definition) is 3. The zero-order valence-corrected chi connectivity index (χ0v) is 12.3. The Kier molecular flexibility index (Phi) is 5.01. The van der Waals surface area contributed by atoms with Gasteiger partial charge in [0.1, 0.15) is 0 Å². The Morgan fingerprint density at radius 2 is 2.15 bits per heavy atom. The van der Waals surface area contributed by atoms with Gasteiger partial charge in [-0.3, -0.25) is 4.79 Å². The highest BCUT2D eigenvalue weighted by molar-refractivity contribution is 5.77. The fourth-order valence-corrected chi connectivity index (χ4v) is 2.76. The smallest absolute Gasteiger partial charge is 0.220 e. The molecule has 0 radical (unpaired) electrons. The lowest BCUT2D eigenvalue weighted by molar-refractivity contribution is -0.124. The number of carbonyl (C=O) groups is 1. The van der Waals surface area contributed by atoms with Crippen LogP contribution in [0.15, 0.2) is 24.3 Å². The van der Waals surface area contributed by atoms with Crippen LogP contribution in [-0.2, 0) is 9.53 Å². The molecule has 1 aliphatic rings. The number of nitrogens with one attached hydrogen (secondary N) is 1. The van der Waals surface area contributed by atoms with E-state index in [0.717, 1.165) is 30.7 Å². The summed E-state index contributed by atoms with van der Waals surface area (Å²) in [7, 11) is 0. The summed E-state index contributed by atoms with van der Waals surface area (Å²) in [6.45, 7) is 4.73. The van der Waals surface area contributed by atoms with Crippen LogP contribution in [-0.4, -0.2) is 18.6 Å². The lowest BCUT2D eigenvalue weighted by Crippen LogP contribution is -2.36. The highest BCUT2D eigenvalue weighted by Crippen LogP contribution is 2.32. The lowest BCUT2D eigenvalue weighted by atomic mass is 9.80. The Labute approximate surface area is 120 Å². The first kappa shape index (κ1) is 14.9. The van der Waals surface area contributed by atoms with Crippen molar-refractivity contribution < 1.29 is 9.53 Å². The zero-order chi connectivity index (χ0) is 14.5. The van der Waals surface area contributed by atoms with E-state index in [1.54, 1.807) is 0 Å². The molecule has 2 rings (SSSR count). The first-order chi connectivity index (χ1) is 9.60. The summed E-state index contributed by atoms with van der Waals surface area (Å²) < 4.78 is 5.51. The summed E-state index contributed by atoms with van der Waals surface area (Å²) >= 11 is 0. The third kappa shape index (κ3) is 3.73. The quantitative estimate of drug-likeness (QED) is 0.785. The van der Waals surface area contributed by atoms with Gasteiger partial charge >= 0.3 is 0 Å². The molecule has 20 heavy (non-hydrogen) atoms. The normalized spacial score (nSPS) is 22.9. The second kappa shape index (κ2) is 6.75. The molecular weight excluding hydrogens is 252 g/mol. The van der Waals surface area contributed by atoms with Crippen LogP contribution in [0, 0.1) is 5.92 Å². The van der Waals surface area contributed by atoms with E-state index in [1.807, 2.05) is 38.1 Å². The van der Waals surface area contributed by atoms with E-state index < -0.39 is 0 Å². The number of rotatable bonds is 6. The molecular formula is C16H24N2O2. The maximum absolute atomic E-state index is 12.0. The fraction of sp³-hybridized carbons (Fsp3) is 0.562. The van der Waals surface area contributed by atoms with Gasteiger partial charge in [-0.15, -0.1) is 0 Å². The molecule has 110 valence electrons. The topological polar surface area (TPSA) is 64.3 Å². The van der Waals surface area contributed by atoms with Crippen LogP contribution in [0.25, 0.3) is 0 Å². The molecule has 0 bridgehead atoms. The van der Waals surface area contributed by atoms with Crippen molar-refractivity contribution in [3.63, 3.8) is 0 Å². The van der Waals surface area contributed by atoms with Crippen LogP contribution < -0.4 is 11.1 Å². The summed E-state index contributed by atoms with van der Waals surface area (Å²) in [5.74, 6) is 0.563. The molecule has 1 unspecified atom stereocenters. The van der Waals surface area contributed by atoms with E-state index in [9.17, 15) is 4.79 Å². The van der Waals surface area contributed by atoms with Gasteiger partial charge in [-0.1, -0.05) is 18.2 Å². The molecule has 1 aliphatic carbocycles. The number of nitrogens with two attached hydrogens (primary N) is 1. The minimum absolute atomic E-state index is 0.0496. The number of para-hydroxylation sites is 1. The minimum Gasteiger partial charge on any atom is -0.398 e. The Morgan fingerprint density at radius 1 is 1.45 bits per heavy atom. The van der Waals surface area contributed by atoms with Crippen LogP contribution >= 0.6 is 0 Å². The summed E-state index contributed by atoms with van der Waals surface area (Å²) in [6, 6.07) is 7.60. The van der Waals surface area contributed by atoms with Crippen molar-refractivity contribution in [1.29, 1.82) is 0 Å². The summed E-state index contributed by atoms with van der Waals surface area (Å²) in [5.41, 5.74) is 7.62. The summed E-state index contributed by atoms with van der Waals surface area (Å²) in [6.07, 6.45) is 2.95. The Morgan fingerprint density at radius 3 is 2.80 bits per heavy atom. The van der Waals surface area contributed by atoms with Crippen molar-refractivity contribution in [2.24, 2.45) is 5.92 Å². The number of hydrogen-bond donors (Lipinski definition) is 2. The molecule has 0 spiro atoms. The molecule has 1 amide bonds. The molecule has 4 heteroatoms. The fourth-order valence-electron chi connectivity index (χ4n) is 2.76. The molecule has 4 nitrogen and oxygen atoms in total. The standard InChI is InChI=1S/C16H24N2O2/c1-3-20-13-8-12(9-13)10-16(19)18-11(2)14-6-4-5-7-15(14)17/h4-7,11-13H,3,8-10,17H2,1-2H3,(H,18,19). The number of benzene rings is 1. The van der Waals surface area contributed by atoms with E-state index in [4.69, 9.17) is 10.5 Å². The van der Waals surface area contributed by atoms with E-state index in [-0.39, 0.29) is 11.9 Å². The van der Waals surface area contributed by atoms with Gasteiger partial charge in [0, 0.05) is 18.7 Å². The molecule has 1 aromatic carbocycles. The molecule has 1 fully saturated rings. The Bertz CT molecular complexity index is 456. The molecule has 0 saturated heterocycles. The number of nitrogen functional groups attached to an aromatic ring is 1. The highest BCUT2D eigenvalue weighted by Gasteiger charge is 2.31. The van der Waals surface area contributed by atoms with E-state index in [2.05, 4.69) is 5.32 Å². The van der Waals surface area contributed by atoms with Crippen molar-refractivity contribution >= 4 is 11.6 Å². The van der Waals surface area contributed by atoms with E-state index >= 15 is 0 Å². The molecule has 1 saturated carbocycles. The maximum atomic E-state index is 12.0. The van der Waals surface area contributed by atoms with Gasteiger partial charge in [-0.2, -0.15) is 0 Å². The van der Waals surface area contributed by atoms with Crippen molar-refractivity contribution in [3.8, 4) is 0 Å². The van der Waals surface area contributed by atoms with Gasteiger partial charge < -0.3 is 15.8 Å². The van der Waals surface area contributed by atoms with Gasteiger partial charge in [0.25, 0.3) is 0 Å². The van der Waals surface area contributed by atoms with Crippen LogP contribution in [0.3, 0.4) is 0 Å². The highest BCUT2D eigenvalue weighted by atomic mass is 16.5. The molecule has 1 aromatic rings. The second-order valence-electron chi connectivity index (χ2n) is 5.54. The lowest BCUT2D eigenvalue weighted by Gasteiger charge is -2.34. The number of ether oxygens (including phenoxy) is 1. The van der Waals surface area contributed by atoms with Gasteiger partial charge in [-0.05, 0) is 44.2 Å².